The molecule has 1 saturated heterocycles. The lowest BCUT2D eigenvalue weighted by atomic mass is 9.91. The predicted molar refractivity (Wildman–Crippen MR) is 92.0 cm³/mol. The molecule has 2 aromatic rings. The van der Waals surface area contributed by atoms with Crippen LogP contribution in [0.2, 0.25) is 0 Å². The summed E-state index contributed by atoms with van der Waals surface area (Å²) in [4.78, 5) is 24.7. The number of nitrogens with one attached hydrogen (secondary N) is 1. The van der Waals surface area contributed by atoms with E-state index in [1.54, 1.807) is 0 Å². The SMILES string of the molecule is CC(C)(C)CC(=O)N1CCN(Cc2nc3ccccc3[nH]2)CC1. The van der Waals surface area contributed by atoms with E-state index in [0.717, 1.165) is 49.6 Å². The Balaban J connectivity index is 1.54. The van der Waals surface area contributed by atoms with Gasteiger partial charge in [0.05, 0.1) is 17.6 Å². The Morgan fingerprint density at radius 3 is 2.52 bits per heavy atom. The quantitative estimate of drug-likeness (QED) is 0.947. The highest BCUT2D eigenvalue weighted by Gasteiger charge is 2.25. The van der Waals surface area contributed by atoms with Crippen LogP contribution in [0.1, 0.15) is 33.0 Å². The van der Waals surface area contributed by atoms with E-state index >= 15 is 0 Å². The number of fused-ring (bicyclic) bond motifs is 1. The van der Waals surface area contributed by atoms with Crippen molar-refractivity contribution < 1.29 is 4.79 Å². The van der Waals surface area contributed by atoms with Gasteiger partial charge in [0.1, 0.15) is 5.82 Å². The molecule has 3 rings (SSSR count). The number of H-pyrrole nitrogens is 1. The third-order valence-electron chi connectivity index (χ3n) is 4.22. The van der Waals surface area contributed by atoms with Crippen LogP contribution in [0.5, 0.6) is 0 Å². The van der Waals surface area contributed by atoms with Crippen LogP contribution in [-0.2, 0) is 11.3 Å². The van der Waals surface area contributed by atoms with Crippen LogP contribution in [0.15, 0.2) is 24.3 Å². The molecule has 0 radical (unpaired) electrons. The Kier molecular flexibility index (Phi) is 4.39. The molecule has 5 heteroatoms. The molecule has 1 amide bonds. The average molecular weight is 314 g/mol. The average Bonchev–Trinajstić information content (AvgIpc) is 2.88. The van der Waals surface area contributed by atoms with Crippen LogP contribution in [-0.4, -0.2) is 51.9 Å². The molecular weight excluding hydrogens is 288 g/mol. The van der Waals surface area contributed by atoms with Crippen LogP contribution >= 0.6 is 0 Å². The van der Waals surface area contributed by atoms with E-state index in [2.05, 4.69) is 41.7 Å². The van der Waals surface area contributed by atoms with E-state index in [0.29, 0.717) is 6.42 Å². The molecule has 0 aliphatic carbocycles. The predicted octanol–water partition coefficient (Wildman–Crippen LogP) is 2.64. The number of para-hydroxylation sites is 2. The molecule has 0 spiro atoms. The zero-order chi connectivity index (χ0) is 16.4. The summed E-state index contributed by atoms with van der Waals surface area (Å²) in [5, 5.41) is 0. The molecule has 1 fully saturated rings. The summed E-state index contributed by atoms with van der Waals surface area (Å²) in [6, 6.07) is 8.10. The number of aromatic nitrogens is 2. The fraction of sp³-hybridized carbons (Fsp3) is 0.556. The number of carbonyl (C=O) groups excluding carboxylic acids is 1. The summed E-state index contributed by atoms with van der Waals surface area (Å²) in [5.74, 6) is 1.28. The van der Waals surface area contributed by atoms with Crippen molar-refractivity contribution in [3.63, 3.8) is 0 Å². The Morgan fingerprint density at radius 2 is 1.87 bits per heavy atom. The molecule has 0 atom stereocenters. The smallest absolute Gasteiger partial charge is 0.223 e. The van der Waals surface area contributed by atoms with Crippen molar-refractivity contribution in [2.45, 2.75) is 33.7 Å². The summed E-state index contributed by atoms with van der Waals surface area (Å²) in [5.41, 5.74) is 2.16. The first kappa shape index (κ1) is 16.0. The molecule has 0 unspecified atom stereocenters. The van der Waals surface area contributed by atoms with Gasteiger partial charge in [0.25, 0.3) is 0 Å². The Bertz CT molecular complexity index is 645. The van der Waals surface area contributed by atoms with Crippen LogP contribution in [0.4, 0.5) is 0 Å². The summed E-state index contributed by atoms with van der Waals surface area (Å²) >= 11 is 0. The van der Waals surface area contributed by atoms with Gasteiger partial charge in [0.2, 0.25) is 5.91 Å². The lowest BCUT2D eigenvalue weighted by Gasteiger charge is -2.35. The van der Waals surface area contributed by atoms with Gasteiger partial charge in [-0.2, -0.15) is 0 Å². The second-order valence-corrected chi connectivity index (χ2v) is 7.60. The Labute approximate surface area is 137 Å². The maximum atomic E-state index is 12.3. The highest BCUT2D eigenvalue weighted by molar-refractivity contribution is 5.77. The summed E-state index contributed by atoms with van der Waals surface area (Å²) in [6.07, 6.45) is 0.622. The van der Waals surface area contributed by atoms with Crippen LogP contribution in [0.25, 0.3) is 11.0 Å². The number of imidazole rings is 1. The first-order valence-electron chi connectivity index (χ1n) is 8.34. The minimum atomic E-state index is 0.0580. The molecule has 1 aliphatic rings. The summed E-state index contributed by atoms with van der Waals surface area (Å²) in [6.45, 7) is 10.6. The molecule has 1 N–H and O–H groups in total. The lowest BCUT2D eigenvalue weighted by Crippen LogP contribution is -2.49. The monoisotopic (exact) mass is 314 g/mol. The molecule has 0 saturated carbocycles. The number of rotatable bonds is 3. The first-order valence-corrected chi connectivity index (χ1v) is 8.34. The van der Waals surface area contributed by atoms with Crippen LogP contribution in [0.3, 0.4) is 0 Å². The third kappa shape index (κ3) is 4.10. The van der Waals surface area contributed by atoms with Gasteiger partial charge in [-0.25, -0.2) is 4.98 Å². The van der Waals surface area contributed by atoms with Gasteiger partial charge in [0.15, 0.2) is 0 Å². The third-order valence-corrected chi connectivity index (χ3v) is 4.22. The number of amides is 1. The van der Waals surface area contributed by atoms with Crippen molar-refractivity contribution in [2.24, 2.45) is 5.41 Å². The van der Waals surface area contributed by atoms with Crippen molar-refractivity contribution in [3.05, 3.63) is 30.1 Å². The standard InChI is InChI=1S/C18H26N4O/c1-18(2,3)12-17(23)22-10-8-21(9-11-22)13-16-19-14-6-4-5-7-15(14)20-16/h4-7H,8-13H2,1-3H3,(H,19,20). The van der Waals surface area contributed by atoms with E-state index in [-0.39, 0.29) is 11.3 Å². The lowest BCUT2D eigenvalue weighted by molar-refractivity contribution is -0.134. The fourth-order valence-corrected chi connectivity index (χ4v) is 3.01. The van der Waals surface area contributed by atoms with Gasteiger partial charge in [-0.05, 0) is 17.5 Å². The number of piperazine rings is 1. The number of benzene rings is 1. The van der Waals surface area contributed by atoms with E-state index in [1.807, 2.05) is 23.1 Å². The van der Waals surface area contributed by atoms with E-state index < -0.39 is 0 Å². The van der Waals surface area contributed by atoms with Crippen LogP contribution in [0, 0.1) is 5.41 Å². The minimum absolute atomic E-state index is 0.0580. The van der Waals surface area contributed by atoms with Gasteiger partial charge in [-0.15, -0.1) is 0 Å². The van der Waals surface area contributed by atoms with Crippen molar-refractivity contribution in [1.82, 2.24) is 19.8 Å². The second kappa shape index (κ2) is 6.32. The molecule has 1 aromatic heterocycles. The number of hydrogen-bond donors (Lipinski definition) is 1. The van der Waals surface area contributed by atoms with Gasteiger partial charge in [-0.1, -0.05) is 32.9 Å². The molecular formula is C18H26N4O. The number of aromatic amines is 1. The maximum absolute atomic E-state index is 12.3. The fourth-order valence-electron chi connectivity index (χ4n) is 3.01. The molecule has 1 aliphatic heterocycles. The summed E-state index contributed by atoms with van der Waals surface area (Å²) < 4.78 is 0. The Morgan fingerprint density at radius 1 is 1.17 bits per heavy atom. The Hall–Kier alpha value is -1.88. The molecule has 124 valence electrons. The van der Waals surface area contributed by atoms with E-state index in [1.165, 1.54) is 0 Å². The second-order valence-electron chi connectivity index (χ2n) is 7.60. The number of hydrogen-bond acceptors (Lipinski definition) is 3. The zero-order valence-electron chi connectivity index (χ0n) is 14.3. The zero-order valence-corrected chi connectivity index (χ0v) is 14.3. The topological polar surface area (TPSA) is 52.2 Å². The largest absolute Gasteiger partial charge is 0.341 e. The molecule has 23 heavy (non-hydrogen) atoms. The van der Waals surface area contributed by atoms with Crippen molar-refractivity contribution >= 4 is 16.9 Å². The molecule has 1 aromatic carbocycles. The highest BCUT2D eigenvalue weighted by Crippen LogP contribution is 2.20. The van der Waals surface area contributed by atoms with Gasteiger partial charge in [-0.3, -0.25) is 9.69 Å². The molecule has 0 bridgehead atoms. The van der Waals surface area contributed by atoms with Crippen molar-refractivity contribution in [1.29, 1.82) is 0 Å². The molecule has 5 nitrogen and oxygen atoms in total. The van der Waals surface area contributed by atoms with Crippen molar-refractivity contribution in [3.8, 4) is 0 Å². The maximum Gasteiger partial charge on any atom is 0.223 e. The van der Waals surface area contributed by atoms with E-state index in [4.69, 9.17) is 0 Å². The van der Waals surface area contributed by atoms with Gasteiger partial charge < -0.3 is 9.88 Å². The van der Waals surface area contributed by atoms with E-state index in [9.17, 15) is 4.79 Å². The number of carbonyl (C=O) groups is 1. The normalized spacial score (nSPS) is 16.9. The summed E-state index contributed by atoms with van der Waals surface area (Å²) in [7, 11) is 0. The first-order chi connectivity index (χ1) is 10.9. The highest BCUT2D eigenvalue weighted by atomic mass is 16.2. The number of nitrogens with zero attached hydrogens (tertiary/aromatic N) is 3. The van der Waals surface area contributed by atoms with Crippen molar-refractivity contribution in [2.75, 3.05) is 26.2 Å². The molecule has 2 heterocycles. The van der Waals surface area contributed by atoms with Crippen LogP contribution < -0.4 is 0 Å². The van der Waals surface area contributed by atoms with Gasteiger partial charge in [0, 0.05) is 32.6 Å². The minimum Gasteiger partial charge on any atom is -0.341 e. The van der Waals surface area contributed by atoms with Gasteiger partial charge >= 0.3 is 0 Å².